The van der Waals surface area contributed by atoms with Gasteiger partial charge in [0, 0.05) is 17.7 Å². The lowest BCUT2D eigenvalue weighted by atomic mass is 10.1. The third kappa shape index (κ3) is 2.97. The molecule has 0 atom stereocenters. The second-order valence-corrected chi connectivity index (χ2v) is 3.84. The van der Waals surface area contributed by atoms with Gasteiger partial charge in [-0.1, -0.05) is 6.07 Å². The Morgan fingerprint density at radius 2 is 2.12 bits per heavy atom. The molecule has 1 aromatic carbocycles. The Bertz CT molecular complexity index is 389. The summed E-state index contributed by atoms with van der Waals surface area (Å²) < 4.78 is 0. The molecule has 0 saturated heterocycles. The lowest BCUT2D eigenvalue weighted by Gasteiger charge is -2.11. The molecule has 1 aromatic rings. The minimum absolute atomic E-state index is 0.0724. The molecule has 0 fully saturated rings. The molecule has 0 spiro atoms. The molecule has 0 aliphatic rings. The van der Waals surface area contributed by atoms with Crippen LogP contribution >= 0.6 is 0 Å². The van der Waals surface area contributed by atoms with Gasteiger partial charge in [-0.3, -0.25) is 4.79 Å². The normalized spacial score (nSPS) is 10.2. The number of hydrogen-bond donors (Lipinski definition) is 3. The van der Waals surface area contributed by atoms with E-state index in [1.807, 2.05) is 6.92 Å². The fourth-order valence-corrected chi connectivity index (χ4v) is 1.45. The van der Waals surface area contributed by atoms with Crippen LogP contribution in [0, 0.1) is 13.8 Å². The van der Waals surface area contributed by atoms with Crippen molar-refractivity contribution in [2.24, 2.45) is 5.73 Å². The second-order valence-electron chi connectivity index (χ2n) is 3.84. The van der Waals surface area contributed by atoms with Gasteiger partial charge in [-0.05, 0) is 38.4 Å². The van der Waals surface area contributed by atoms with Crippen LogP contribution in [0.3, 0.4) is 0 Å². The van der Waals surface area contributed by atoms with Crippen molar-refractivity contribution in [3.8, 4) is 5.75 Å². The van der Waals surface area contributed by atoms with E-state index in [1.54, 1.807) is 19.1 Å². The van der Waals surface area contributed by atoms with Gasteiger partial charge >= 0.3 is 0 Å². The first-order chi connectivity index (χ1) is 7.56. The van der Waals surface area contributed by atoms with E-state index in [2.05, 4.69) is 5.32 Å². The third-order valence-electron chi connectivity index (χ3n) is 2.51. The van der Waals surface area contributed by atoms with E-state index < -0.39 is 0 Å². The molecule has 0 unspecified atom stereocenters. The third-order valence-corrected chi connectivity index (χ3v) is 2.51. The van der Waals surface area contributed by atoms with Crippen LogP contribution in [-0.2, 0) is 4.79 Å². The molecule has 0 aliphatic heterocycles. The Balaban J connectivity index is 2.74. The Morgan fingerprint density at radius 3 is 2.75 bits per heavy atom. The topological polar surface area (TPSA) is 75.4 Å². The molecule has 0 bridgehead atoms. The van der Waals surface area contributed by atoms with Crippen molar-refractivity contribution in [3.05, 3.63) is 23.3 Å². The summed E-state index contributed by atoms with van der Waals surface area (Å²) in [6.45, 7) is 4.11. The van der Waals surface area contributed by atoms with Crippen molar-refractivity contribution in [1.29, 1.82) is 0 Å². The van der Waals surface area contributed by atoms with Crippen LogP contribution < -0.4 is 11.1 Å². The Kier molecular flexibility index (Phi) is 4.31. The monoisotopic (exact) mass is 222 g/mol. The van der Waals surface area contributed by atoms with Crippen LogP contribution in [-0.4, -0.2) is 17.6 Å². The van der Waals surface area contributed by atoms with Crippen LogP contribution in [0.15, 0.2) is 12.1 Å². The van der Waals surface area contributed by atoms with Crippen LogP contribution in [0.2, 0.25) is 0 Å². The van der Waals surface area contributed by atoms with E-state index in [-0.39, 0.29) is 11.7 Å². The van der Waals surface area contributed by atoms with Crippen molar-refractivity contribution >= 4 is 11.6 Å². The van der Waals surface area contributed by atoms with Gasteiger partial charge in [0.25, 0.3) is 0 Å². The number of aromatic hydroxyl groups is 1. The van der Waals surface area contributed by atoms with Crippen LogP contribution in [0.5, 0.6) is 5.75 Å². The largest absolute Gasteiger partial charge is 0.507 e. The van der Waals surface area contributed by atoms with Crippen LogP contribution in [0.1, 0.15) is 24.0 Å². The summed E-state index contributed by atoms with van der Waals surface area (Å²) in [7, 11) is 0. The number of rotatable bonds is 4. The van der Waals surface area contributed by atoms with Crippen LogP contribution in [0.25, 0.3) is 0 Å². The molecule has 4 N–H and O–H groups in total. The van der Waals surface area contributed by atoms with Gasteiger partial charge in [-0.15, -0.1) is 0 Å². The molecule has 16 heavy (non-hydrogen) atoms. The summed E-state index contributed by atoms with van der Waals surface area (Å²) in [4.78, 5) is 11.5. The number of benzene rings is 1. The lowest BCUT2D eigenvalue weighted by Crippen LogP contribution is -2.14. The van der Waals surface area contributed by atoms with Crippen molar-refractivity contribution in [3.63, 3.8) is 0 Å². The van der Waals surface area contributed by atoms with Crippen molar-refractivity contribution in [2.45, 2.75) is 26.7 Å². The molecule has 0 aromatic heterocycles. The number of hydrogen-bond acceptors (Lipinski definition) is 3. The van der Waals surface area contributed by atoms with Gasteiger partial charge in [0.05, 0.1) is 0 Å². The molecule has 1 rings (SSSR count). The standard InChI is InChI=1S/C12H18N2O2/c1-8-5-6-10(9(2)12(8)16)14-11(15)4-3-7-13/h5-6,16H,3-4,7,13H2,1-2H3,(H,14,15). The van der Waals surface area contributed by atoms with E-state index in [9.17, 15) is 9.90 Å². The smallest absolute Gasteiger partial charge is 0.224 e. The number of carbonyl (C=O) groups excluding carboxylic acids is 1. The molecule has 4 nitrogen and oxygen atoms in total. The zero-order chi connectivity index (χ0) is 12.1. The molecule has 1 amide bonds. The van der Waals surface area contributed by atoms with Crippen molar-refractivity contribution in [2.75, 3.05) is 11.9 Å². The second kappa shape index (κ2) is 5.51. The van der Waals surface area contributed by atoms with E-state index in [0.29, 0.717) is 30.6 Å². The zero-order valence-corrected chi connectivity index (χ0v) is 9.71. The van der Waals surface area contributed by atoms with Crippen molar-refractivity contribution < 1.29 is 9.90 Å². The first-order valence-electron chi connectivity index (χ1n) is 5.35. The van der Waals surface area contributed by atoms with E-state index >= 15 is 0 Å². The summed E-state index contributed by atoms with van der Waals surface area (Å²) >= 11 is 0. The fourth-order valence-electron chi connectivity index (χ4n) is 1.45. The highest BCUT2D eigenvalue weighted by molar-refractivity contribution is 5.91. The van der Waals surface area contributed by atoms with Gasteiger partial charge in [0.2, 0.25) is 5.91 Å². The average molecular weight is 222 g/mol. The number of nitrogens with two attached hydrogens (primary N) is 1. The lowest BCUT2D eigenvalue weighted by molar-refractivity contribution is -0.116. The number of phenolic OH excluding ortho intramolecular Hbond substituents is 1. The maximum absolute atomic E-state index is 11.5. The van der Waals surface area contributed by atoms with Crippen LogP contribution in [0.4, 0.5) is 5.69 Å². The zero-order valence-electron chi connectivity index (χ0n) is 9.71. The molecule has 0 aliphatic carbocycles. The number of amides is 1. The van der Waals surface area contributed by atoms with Gasteiger partial charge < -0.3 is 16.2 Å². The number of aryl methyl sites for hydroxylation is 1. The Hall–Kier alpha value is -1.55. The minimum Gasteiger partial charge on any atom is -0.507 e. The minimum atomic E-state index is -0.0724. The highest BCUT2D eigenvalue weighted by Crippen LogP contribution is 2.27. The molecular formula is C12H18N2O2. The summed E-state index contributed by atoms with van der Waals surface area (Å²) in [6, 6.07) is 3.58. The first kappa shape index (κ1) is 12.5. The van der Waals surface area contributed by atoms with Gasteiger partial charge in [0.1, 0.15) is 5.75 Å². The quantitative estimate of drug-likeness (QED) is 0.725. The predicted molar refractivity (Wildman–Crippen MR) is 64.5 cm³/mol. The summed E-state index contributed by atoms with van der Waals surface area (Å²) in [5.74, 6) is 0.161. The Morgan fingerprint density at radius 1 is 1.44 bits per heavy atom. The summed E-state index contributed by atoms with van der Waals surface area (Å²) in [5, 5.41) is 12.5. The molecule has 0 saturated carbocycles. The average Bonchev–Trinajstić information content (AvgIpc) is 2.27. The van der Waals surface area contributed by atoms with E-state index in [4.69, 9.17) is 5.73 Å². The molecule has 0 radical (unpaired) electrons. The predicted octanol–water partition coefficient (Wildman–Crippen LogP) is 1.69. The van der Waals surface area contributed by atoms with Gasteiger partial charge in [0.15, 0.2) is 0 Å². The van der Waals surface area contributed by atoms with E-state index in [0.717, 1.165) is 5.56 Å². The number of anilines is 1. The van der Waals surface area contributed by atoms with E-state index in [1.165, 1.54) is 0 Å². The SMILES string of the molecule is Cc1ccc(NC(=O)CCCN)c(C)c1O. The Labute approximate surface area is 95.5 Å². The molecule has 88 valence electrons. The number of carbonyl (C=O) groups is 1. The van der Waals surface area contributed by atoms with Crippen molar-refractivity contribution in [1.82, 2.24) is 0 Å². The number of phenols is 1. The van der Waals surface area contributed by atoms with Gasteiger partial charge in [-0.2, -0.15) is 0 Å². The molecular weight excluding hydrogens is 204 g/mol. The maximum atomic E-state index is 11.5. The molecule has 4 heteroatoms. The highest BCUT2D eigenvalue weighted by atomic mass is 16.3. The van der Waals surface area contributed by atoms with Gasteiger partial charge in [-0.25, -0.2) is 0 Å². The first-order valence-corrected chi connectivity index (χ1v) is 5.35. The molecule has 0 heterocycles. The summed E-state index contributed by atoms with van der Waals surface area (Å²) in [6.07, 6.45) is 1.08. The fraction of sp³-hybridized carbons (Fsp3) is 0.417. The highest BCUT2D eigenvalue weighted by Gasteiger charge is 2.08. The number of nitrogens with one attached hydrogen (secondary N) is 1. The maximum Gasteiger partial charge on any atom is 0.224 e. The summed E-state index contributed by atoms with van der Waals surface area (Å²) in [5.41, 5.74) is 7.48.